The maximum absolute atomic E-state index is 14.2. The van der Waals surface area contributed by atoms with E-state index in [1.54, 1.807) is 44.2 Å². The molecule has 0 saturated heterocycles. The zero-order valence-corrected chi connectivity index (χ0v) is 18.8. The number of amides is 1. The Morgan fingerprint density at radius 3 is 2.55 bits per heavy atom. The summed E-state index contributed by atoms with van der Waals surface area (Å²) in [5.74, 6) is -0.928. The molecular weight excluding hydrogens is 450 g/mol. The van der Waals surface area contributed by atoms with Gasteiger partial charge < -0.3 is 9.64 Å². The molecule has 6 nitrogen and oxygen atoms in total. The number of aryl methyl sites for hydroxylation is 1. The lowest BCUT2D eigenvalue weighted by Crippen LogP contribution is -2.37. The lowest BCUT2D eigenvalue weighted by atomic mass is 10.1. The van der Waals surface area contributed by atoms with Crippen LogP contribution in [0.4, 0.5) is 14.5 Å². The Bertz CT molecular complexity index is 1330. The first kappa shape index (κ1) is 22.7. The van der Waals surface area contributed by atoms with E-state index in [-0.39, 0.29) is 29.6 Å². The van der Waals surface area contributed by atoms with Crippen molar-refractivity contribution < 1.29 is 26.7 Å². The van der Waals surface area contributed by atoms with Crippen LogP contribution in [0, 0.1) is 18.6 Å². The summed E-state index contributed by atoms with van der Waals surface area (Å²) in [5.41, 5.74) is 1.48. The highest BCUT2D eigenvalue weighted by Crippen LogP contribution is 2.30. The number of carbonyl (C=O) groups excluding carboxylic acids is 1. The highest BCUT2D eigenvalue weighted by atomic mass is 32.2. The second kappa shape index (κ2) is 8.82. The summed E-state index contributed by atoms with van der Waals surface area (Å²) in [5, 5.41) is 0. The van der Waals surface area contributed by atoms with E-state index < -0.39 is 27.8 Å². The van der Waals surface area contributed by atoms with Gasteiger partial charge >= 0.3 is 0 Å². The normalized spacial score (nSPS) is 16.1. The fraction of sp³-hybridized carbons (Fsp3) is 0.208. The average Bonchev–Trinajstić information content (AvgIpc) is 2.88. The summed E-state index contributed by atoms with van der Waals surface area (Å²) in [6, 6.07) is 14.5. The Morgan fingerprint density at radius 2 is 1.82 bits per heavy atom. The van der Waals surface area contributed by atoms with Crippen LogP contribution in [-0.4, -0.2) is 25.3 Å². The van der Waals surface area contributed by atoms with Gasteiger partial charge in [0.25, 0.3) is 15.9 Å². The van der Waals surface area contributed by atoms with Gasteiger partial charge in [0.05, 0.1) is 4.90 Å². The third-order valence-electron chi connectivity index (χ3n) is 5.41. The van der Waals surface area contributed by atoms with Gasteiger partial charge in [-0.05, 0) is 55.8 Å². The van der Waals surface area contributed by atoms with Crippen molar-refractivity contribution >= 4 is 21.6 Å². The maximum atomic E-state index is 14.2. The molecule has 1 heterocycles. The molecule has 0 aromatic heterocycles. The van der Waals surface area contributed by atoms with Crippen molar-refractivity contribution in [1.82, 2.24) is 4.90 Å². The van der Waals surface area contributed by atoms with E-state index in [1.807, 2.05) is 0 Å². The minimum atomic E-state index is -4.04. The number of nitrogens with one attached hydrogen (secondary N) is 1. The van der Waals surface area contributed by atoms with Crippen LogP contribution >= 0.6 is 0 Å². The molecule has 0 aliphatic carbocycles. The summed E-state index contributed by atoms with van der Waals surface area (Å²) in [6.07, 6.45) is -0.795. The molecule has 0 saturated carbocycles. The second-order valence-corrected chi connectivity index (χ2v) is 9.57. The SMILES string of the molecule is Cc1ccc(S(=O)(=O)Nc2ccc3c(c2)CN(Cc2ccccc2F)C(=O)C(C)O3)cc1F. The Balaban J connectivity index is 1.62. The number of halogens is 2. The molecule has 1 aliphatic heterocycles. The van der Waals surface area contributed by atoms with Gasteiger partial charge in [-0.3, -0.25) is 9.52 Å². The second-order valence-electron chi connectivity index (χ2n) is 7.88. The van der Waals surface area contributed by atoms with Crippen molar-refractivity contribution in [2.75, 3.05) is 4.72 Å². The van der Waals surface area contributed by atoms with Crippen molar-refractivity contribution in [1.29, 1.82) is 0 Å². The molecule has 4 rings (SSSR count). The Labute approximate surface area is 190 Å². The number of hydrogen-bond acceptors (Lipinski definition) is 4. The highest BCUT2D eigenvalue weighted by Gasteiger charge is 2.29. The quantitative estimate of drug-likeness (QED) is 0.598. The number of rotatable bonds is 5. The van der Waals surface area contributed by atoms with E-state index >= 15 is 0 Å². The van der Waals surface area contributed by atoms with E-state index in [2.05, 4.69) is 4.72 Å². The van der Waals surface area contributed by atoms with Crippen molar-refractivity contribution in [2.45, 2.75) is 37.9 Å². The van der Waals surface area contributed by atoms with Crippen LogP contribution in [0.2, 0.25) is 0 Å². The molecule has 1 atom stereocenters. The van der Waals surface area contributed by atoms with Gasteiger partial charge in [0, 0.05) is 29.9 Å². The Kier molecular flexibility index (Phi) is 6.07. The van der Waals surface area contributed by atoms with Gasteiger partial charge in [0.2, 0.25) is 0 Å². The molecule has 33 heavy (non-hydrogen) atoms. The van der Waals surface area contributed by atoms with Gasteiger partial charge in [-0.2, -0.15) is 0 Å². The Morgan fingerprint density at radius 1 is 1.06 bits per heavy atom. The molecule has 0 bridgehead atoms. The molecule has 0 spiro atoms. The van der Waals surface area contributed by atoms with Crippen LogP contribution in [0.1, 0.15) is 23.6 Å². The number of hydrogen-bond donors (Lipinski definition) is 1. The fourth-order valence-electron chi connectivity index (χ4n) is 3.58. The molecule has 1 amide bonds. The molecule has 172 valence electrons. The smallest absolute Gasteiger partial charge is 0.263 e. The first-order valence-corrected chi connectivity index (χ1v) is 11.7. The number of ether oxygens (including phenoxy) is 1. The number of carbonyl (C=O) groups is 1. The van der Waals surface area contributed by atoms with E-state index in [1.165, 1.54) is 29.2 Å². The predicted octanol–water partition coefficient (Wildman–Crippen LogP) is 4.38. The van der Waals surface area contributed by atoms with E-state index in [4.69, 9.17) is 4.74 Å². The standard InChI is InChI=1S/C24H22F2N2O4S/c1-15-7-9-20(12-22(15)26)33(30,31)27-19-8-10-23-18(11-19)14-28(24(29)16(2)32-23)13-17-5-3-4-6-21(17)25/h3-12,16,27H,13-14H2,1-2H3. The van der Waals surface area contributed by atoms with Crippen molar-refractivity contribution in [2.24, 2.45) is 0 Å². The van der Waals surface area contributed by atoms with Crippen LogP contribution in [0.3, 0.4) is 0 Å². The summed E-state index contributed by atoms with van der Waals surface area (Å²) in [7, 11) is -4.04. The van der Waals surface area contributed by atoms with Crippen molar-refractivity contribution in [3.8, 4) is 5.75 Å². The average molecular weight is 473 g/mol. The number of nitrogens with zero attached hydrogens (tertiary/aromatic N) is 1. The number of sulfonamides is 1. The van der Waals surface area contributed by atoms with Crippen LogP contribution < -0.4 is 9.46 Å². The largest absolute Gasteiger partial charge is 0.481 e. The zero-order chi connectivity index (χ0) is 23.8. The number of fused-ring (bicyclic) bond motifs is 1. The van der Waals surface area contributed by atoms with E-state index in [0.717, 1.165) is 6.07 Å². The summed E-state index contributed by atoms with van der Waals surface area (Å²) >= 11 is 0. The van der Waals surface area contributed by atoms with Gasteiger partial charge in [-0.15, -0.1) is 0 Å². The van der Waals surface area contributed by atoms with Gasteiger partial charge in [-0.25, -0.2) is 17.2 Å². The predicted molar refractivity (Wildman–Crippen MR) is 119 cm³/mol. The van der Waals surface area contributed by atoms with E-state index in [0.29, 0.717) is 22.4 Å². The summed E-state index contributed by atoms with van der Waals surface area (Å²) in [4.78, 5) is 14.1. The van der Waals surface area contributed by atoms with Crippen molar-refractivity contribution in [3.05, 3.63) is 89.0 Å². The molecule has 3 aromatic rings. The molecule has 1 aliphatic rings. The lowest BCUT2D eigenvalue weighted by molar-refractivity contribution is -0.138. The third kappa shape index (κ3) is 4.83. The molecular formula is C24H22F2N2O4S. The molecule has 3 aromatic carbocycles. The lowest BCUT2D eigenvalue weighted by Gasteiger charge is -2.22. The van der Waals surface area contributed by atoms with Gasteiger partial charge in [-0.1, -0.05) is 24.3 Å². The highest BCUT2D eigenvalue weighted by molar-refractivity contribution is 7.92. The minimum absolute atomic E-state index is 0.0389. The van der Waals surface area contributed by atoms with Crippen LogP contribution in [-0.2, 0) is 27.9 Å². The minimum Gasteiger partial charge on any atom is -0.481 e. The van der Waals surface area contributed by atoms with Gasteiger partial charge in [0.15, 0.2) is 6.10 Å². The monoisotopic (exact) mass is 472 g/mol. The summed E-state index contributed by atoms with van der Waals surface area (Å²) < 4.78 is 61.7. The molecule has 1 N–H and O–H groups in total. The first-order chi connectivity index (χ1) is 15.6. The fourth-order valence-corrected chi connectivity index (χ4v) is 4.64. The zero-order valence-electron chi connectivity index (χ0n) is 18.0. The Hall–Kier alpha value is -3.46. The van der Waals surface area contributed by atoms with Crippen LogP contribution in [0.15, 0.2) is 65.6 Å². The molecule has 0 fully saturated rings. The maximum Gasteiger partial charge on any atom is 0.263 e. The number of anilines is 1. The van der Waals surface area contributed by atoms with Crippen molar-refractivity contribution in [3.63, 3.8) is 0 Å². The topological polar surface area (TPSA) is 75.7 Å². The van der Waals surface area contributed by atoms with Crippen LogP contribution in [0.25, 0.3) is 0 Å². The molecule has 9 heteroatoms. The number of benzene rings is 3. The molecule has 1 unspecified atom stereocenters. The van der Waals surface area contributed by atoms with E-state index in [9.17, 15) is 22.0 Å². The third-order valence-corrected chi connectivity index (χ3v) is 6.79. The summed E-state index contributed by atoms with van der Waals surface area (Å²) in [6.45, 7) is 3.29. The van der Waals surface area contributed by atoms with Gasteiger partial charge in [0.1, 0.15) is 17.4 Å². The van der Waals surface area contributed by atoms with Crippen LogP contribution in [0.5, 0.6) is 5.75 Å². The first-order valence-electron chi connectivity index (χ1n) is 10.2. The molecule has 0 radical (unpaired) electrons.